The first-order valence-corrected chi connectivity index (χ1v) is 10.3. The number of hydrogen-bond donors (Lipinski definition) is 0. The molecule has 0 N–H and O–H groups in total. The maximum atomic E-state index is 13.1. The monoisotopic (exact) mass is 414 g/mol. The highest BCUT2D eigenvalue weighted by Crippen LogP contribution is 2.31. The van der Waals surface area contributed by atoms with Crippen LogP contribution in [0, 0.1) is 0 Å². The molecule has 3 rings (SSSR count). The standard InChI is InChI=1S/C18H17F3N2O2S2/c1-22-10-2-4-15(22)12-23(13-16-5-3-11-26-16)27(24,25)17-8-6-14(7-9-17)18(19,20)21/h2-11H,12-13H2,1H3. The van der Waals surface area contributed by atoms with E-state index in [0.717, 1.165) is 34.8 Å². The van der Waals surface area contributed by atoms with Gasteiger partial charge in [0.1, 0.15) is 0 Å². The first-order chi connectivity index (χ1) is 12.7. The SMILES string of the molecule is Cn1cccc1CN(Cc1cccs1)S(=O)(=O)c1ccc(C(F)(F)F)cc1. The highest BCUT2D eigenvalue weighted by molar-refractivity contribution is 7.89. The Bertz CT molecular complexity index is 992. The van der Waals surface area contributed by atoms with Crippen LogP contribution in [0.25, 0.3) is 0 Å². The Morgan fingerprint density at radius 1 is 1.04 bits per heavy atom. The van der Waals surface area contributed by atoms with Crippen LogP contribution in [-0.4, -0.2) is 17.3 Å². The van der Waals surface area contributed by atoms with E-state index in [9.17, 15) is 21.6 Å². The van der Waals surface area contributed by atoms with Crippen molar-refractivity contribution < 1.29 is 21.6 Å². The second kappa shape index (κ2) is 7.49. The topological polar surface area (TPSA) is 42.3 Å². The van der Waals surface area contributed by atoms with Crippen LogP contribution in [-0.2, 0) is 36.3 Å². The van der Waals surface area contributed by atoms with Crippen LogP contribution in [0.2, 0.25) is 0 Å². The maximum absolute atomic E-state index is 13.1. The largest absolute Gasteiger partial charge is 0.416 e. The van der Waals surface area contributed by atoms with Crippen molar-refractivity contribution in [3.05, 3.63) is 76.2 Å². The van der Waals surface area contributed by atoms with Gasteiger partial charge >= 0.3 is 6.18 Å². The normalized spacial score (nSPS) is 12.6. The fraction of sp³-hybridized carbons (Fsp3) is 0.222. The fourth-order valence-electron chi connectivity index (χ4n) is 2.61. The molecule has 0 fully saturated rings. The van der Waals surface area contributed by atoms with E-state index in [2.05, 4.69) is 0 Å². The van der Waals surface area contributed by atoms with E-state index in [0.29, 0.717) is 0 Å². The van der Waals surface area contributed by atoms with Crippen LogP contribution in [0.15, 0.2) is 65.0 Å². The van der Waals surface area contributed by atoms with E-state index in [1.165, 1.54) is 15.6 Å². The highest BCUT2D eigenvalue weighted by atomic mass is 32.2. The number of nitrogens with zero attached hydrogens (tertiary/aromatic N) is 2. The molecule has 144 valence electrons. The Hall–Kier alpha value is -2.10. The number of benzene rings is 1. The van der Waals surface area contributed by atoms with Gasteiger partial charge in [-0.3, -0.25) is 0 Å². The van der Waals surface area contributed by atoms with Gasteiger partial charge in [-0.05, 0) is 47.8 Å². The van der Waals surface area contributed by atoms with Crippen LogP contribution < -0.4 is 0 Å². The lowest BCUT2D eigenvalue weighted by Gasteiger charge is -2.22. The first kappa shape index (κ1) is 19.7. The predicted octanol–water partition coefficient (Wildman–Crippen LogP) is 4.50. The van der Waals surface area contributed by atoms with Gasteiger partial charge < -0.3 is 4.57 Å². The number of aromatic nitrogens is 1. The molecule has 0 unspecified atom stereocenters. The van der Waals surface area contributed by atoms with Crippen molar-refractivity contribution in [2.24, 2.45) is 7.05 Å². The van der Waals surface area contributed by atoms with Gasteiger partial charge in [-0.25, -0.2) is 8.42 Å². The average Bonchev–Trinajstić information content (AvgIpc) is 3.26. The summed E-state index contributed by atoms with van der Waals surface area (Å²) in [5, 5.41) is 1.85. The van der Waals surface area contributed by atoms with Crippen LogP contribution >= 0.6 is 11.3 Å². The van der Waals surface area contributed by atoms with E-state index >= 15 is 0 Å². The summed E-state index contributed by atoms with van der Waals surface area (Å²) in [6.07, 6.45) is -2.70. The molecule has 4 nitrogen and oxygen atoms in total. The van der Waals surface area contributed by atoms with Gasteiger partial charge in [-0.2, -0.15) is 17.5 Å². The number of halogens is 3. The molecule has 3 aromatic rings. The molecule has 0 saturated carbocycles. The Morgan fingerprint density at radius 2 is 1.74 bits per heavy atom. The summed E-state index contributed by atoms with van der Waals surface area (Å²) < 4.78 is 67.6. The van der Waals surface area contributed by atoms with E-state index in [-0.39, 0.29) is 18.0 Å². The smallest absolute Gasteiger partial charge is 0.353 e. The third-order valence-corrected chi connectivity index (χ3v) is 6.79. The number of thiophene rings is 1. The zero-order valence-corrected chi connectivity index (χ0v) is 16.0. The molecular formula is C18H17F3N2O2S2. The molecular weight excluding hydrogens is 397 g/mol. The lowest BCUT2D eigenvalue weighted by molar-refractivity contribution is -0.137. The van der Waals surface area contributed by atoms with Gasteiger partial charge in [0, 0.05) is 30.4 Å². The molecule has 9 heteroatoms. The molecule has 0 amide bonds. The van der Waals surface area contributed by atoms with E-state index < -0.39 is 21.8 Å². The molecule has 0 aliphatic rings. The van der Waals surface area contributed by atoms with E-state index in [4.69, 9.17) is 0 Å². The Balaban J connectivity index is 1.95. The van der Waals surface area contributed by atoms with Gasteiger partial charge in [-0.15, -0.1) is 11.3 Å². The van der Waals surface area contributed by atoms with Crippen molar-refractivity contribution in [1.82, 2.24) is 8.87 Å². The zero-order chi connectivity index (χ0) is 19.7. The number of hydrogen-bond acceptors (Lipinski definition) is 3. The van der Waals surface area contributed by atoms with Crippen molar-refractivity contribution in [1.29, 1.82) is 0 Å². The number of sulfonamides is 1. The van der Waals surface area contributed by atoms with Gasteiger partial charge in [0.2, 0.25) is 10.0 Å². The predicted molar refractivity (Wildman–Crippen MR) is 97.6 cm³/mol. The Morgan fingerprint density at radius 3 is 2.26 bits per heavy atom. The molecule has 2 heterocycles. The lowest BCUT2D eigenvalue weighted by atomic mass is 10.2. The number of rotatable bonds is 6. The van der Waals surface area contributed by atoms with Crippen molar-refractivity contribution in [2.45, 2.75) is 24.2 Å². The van der Waals surface area contributed by atoms with Gasteiger partial charge in [0.15, 0.2) is 0 Å². The molecule has 0 saturated heterocycles. The quantitative estimate of drug-likeness (QED) is 0.596. The van der Waals surface area contributed by atoms with Crippen LogP contribution in [0.3, 0.4) is 0 Å². The zero-order valence-electron chi connectivity index (χ0n) is 14.3. The summed E-state index contributed by atoms with van der Waals surface area (Å²) in [5.74, 6) is 0. The molecule has 0 atom stereocenters. The number of aryl methyl sites for hydroxylation is 1. The van der Waals surface area contributed by atoms with E-state index in [1.54, 1.807) is 0 Å². The molecule has 27 heavy (non-hydrogen) atoms. The maximum Gasteiger partial charge on any atom is 0.416 e. The fourth-order valence-corrected chi connectivity index (χ4v) is 4.80. The molecule has 0 radical (unpaired) electrons. The first-order valence-electron chi connectivity index (χ1n) is 7.98. The van der Waals surface area contributed by atoms with Gasteiger partial charge in [0.05, 0.1) is 17.0 Å². The second-order valence-corrected chi connectivity index (χ2v) is 8.96. The molecule has 0 bridgehead atoms. The van der Waals surface area contributed by atoms with Crippen molar-refractivity contribution in [2.75, 3.05) is 0 Å². The Labute approximate surface area is 159 Å². The van der Waals surface area contributed by atoms with Crippen LogP contribution in [0.4, 0.5) is 13.2 Å². The molecule has 0 aliphatic heterocycles. The van der Waals surface area contributed by atoms with Crippen LogP contribution in [0.1, 0.15) is 16.1 Å². The van der Waals surface area contributed by atoms with Crippen molar-refractivity contribution >= 4 is 21.4 Å². The minimum absolute atomic E-state index is 0.116. The minimum atomic E-state index is -4.51. The highest BCUT2D eigenvalue weighted by Gasteiger charge is 2.32. The van der Waals surface area contributed by atoms with Crippen molar-refractivity contribution in [3.8, 4) is 0 Å². The molecule has 1 aromatic carbocycles. The summed E-state index contributed by atoms with van der Waals surface area (Å²) >= 11 is 1.42. The van der Waals surface area contributed by atoms with E-state index in [1.807, 2.05) is 47.5 Å². The molecule has 0 spiro atoms. The summed E-state index contributed by atoms with van der Waals surface area (Å²) in [4.78, 5) is 0.681. The van der Waals surface area contributed by atoms with Crippen molar-refractivity contribution in [3.63, 3.8) is 0 Å². The summed E-state index contributed by atoms with van der Waals surface area (Å²) in [7, 11) is -2.16. The summed E-state index contributed by atoms with van der Waals surface area (Å²) in [6.45, 7) is 0.261. The average molecular weight is 414 g/mol. The second-order valence-electron chi connectivity index (χ2n) is 5.99. The van der Waals surface area contributed by atoms with Gasteiger partial charge in [-0.1, -0.05) is 6.07 Å². The lowest BCUT2D eigenvalue weighted by Crippen LogP contribution is -2.30. The summed E-state index contributed by atoms with van der Waals surface area (Å²) in [6, 6.07) is 10.9. The minimum Gasteiger partial charge on any atom is -0.353 e. The molecule has 0 aliphatic carbocycles. The summed E-state index contributed by atoms with van der Waals surface area (Å²) in [5.41, 5.74) is -0.101. The van der Waals surface area contributed by atoms with Gasteiger partial charge in [0.25, 0.3) is 0 Å². The third-order valence-electron chi connectivity index (χ3n) is 4.12. The molecule has 2 aromatic heterocycles. The Kier molecular flexibility index (Phi) is 5.45. The van der Waals surface area contributed by atoms with Crippen LogP contribution in [0.5, 0.6) is 0 Å². The third kappa shape index (κ3) is 4.42. The number of alkyl halides is 3.